The van der Waals surface area contributed by atoms with E-state index in [0.29, 0.717) is 0 Å². The lowest BCUT2D eigenvalue weighted by molar-refractivity contribution is 1.00. The number of imidazole rings is 1. The van der Waals surface area contributed by atoms with Gasteiger partial charge in [-0.1, -0.05) is 18.2 Å². The van der Waals surface area contributed by atoms with E-state index in [-0.39, 0.29) is 0 Å². The predicted molar refractivity (Wildman–Crippen MR) is 56.0 cm³/mol. The minimum absolute atomic E-state index is 0.835. The first-order valence-electron chi connectivity index (χ1n) is 4.04. The van der Waals surface area contributed by atoms with Crippen LogP contribution in [0.15, 0.2) is 41.4 Å². The highest BCUT2D eigenvalue weighted by atomic mass is 79.9. The van der Waals surface area contributed by atoms with Gasteiger partial charge in [-0.3, -0.25) is 4.57 Å². The van der Waals surface area contributed by atoms with E-state index in [2.05, 4.69) is 40.0 Å². The number of benzene rings is 1. The molecule has 2 nitrogen and oxygen atoms in total. The van der Waals surface area contributed by atoms with Crippen LogP contribution in [-0.4, -0.2) is 9.55 Å². The van der Waals surface area contributed by atoms with Crippen LogP contribution in [0, 0.1) is 6.92 Å². The van der Waals surface area contributed by atoms with Gasteiger partial charge >= 0.3 is 0 Å². The van der Waals surface area contributed by atoms with Gasteiger partial charge in [-0.25, -0.2) is 4.98 Å². The van der Waals surface area contributed by atoms with Gasteiger partial charge in [0.25, 0.3) is 0 Å². The minimum Gasteiger partial charge on any atom is -0.294 e. The number of aryl methyl sites for hydroxylation is 1. The predicted octanol–water partition coefficient (Wildman–Crippen LogP) is 2.94. The molecule has 0 unspecified atom stereocenters. The zero-order valence-electron chi connectivity index (χ0n) is 7.24. The number of hydrogen-bond acceptors (Lipinski definition) is 1. The minimum atomic E-state index is 0.835. The van der Waals surface area contributed by atoms with Gasteiger partial charge in [-0.2, -0.15) is 0 Å². The Morgan fingerprint density at radius 3 is 2.69 bits per heavy atom. The molecule has 2 aromatic rings. The summed E-state index contributed by atoms with van der Waals surface area (Å²) in [5.74, 6) is 0. The molecule has 0 atom stereocenters. The highest BCUT2D eigenvalue weighted by Crippen LogP contribution is 2.17. The average Bonchev–Trinajstić information content (AvgIpc) is 2.52. The number of rotatable bonds is 1. The van der Waals surface area contributed by atoms with Gasteiger partial charge in [0, 0.05) is 12.4 Å². The first-order chi connectivity index (χ1) is 6.29. The van der Waals surface area contributed by atoms with Crippen LogP contribution in [-0.2, 0) is 0 Å². The Hall–Kier alpha value is -1.09. The summed E-state index contributed by atoms with van der Waals surface area (Å²) in [7, 11) is 0. The van der Waals surface area contributed by atoms with Gasteiger partial charge < -0.3 is 0 Å². The molecule has 1 heterocycles. The third-order valence-electron chi connectivity index (χ3n) is 1.97. The molecular formula is C10H9BrN2. The number of halogens is 1. The summed E-state index contributed by atoms with van der Waals surface area (Å²) < 4.78 is 2.84. The summed E-state index contributed by atoms with van der Waals surface area (Å²) >= 11 is 3.39. The maximum Gasteiger partial charge on any atom is 0.181 e. The fourth-order valence-corrected chi connectivity index (χ4v) is 1.73. The summed E-state index contributed by atoms with van der Waals surface area (Å²) in [6, 6.07) is 8.21. The monoisotopic (exact) mass is 236 g/mol. The molecule has 0 aliphatic rings. The lowest BCUT2D eigenvalue weighted by Crippen LogP contribution is -1.94. The van der Waals surface area contributed by atoms with Gasteiger partial charge in [0.05, 0.1) is 5.69 Å². The van der Waals surface area contributed by atoms with Gasteiger partial charge in [0.2, 0.25) is 0 Å². The fourth-order valence-electron chi connectivity index (χ4n) is 1.30. The van der Waals surface area contributed by atoms with Crippen molar-refractivity contribution in [3.63, 3.8) is 0 Å². The Kier molecular flexibility index (Phi) is 2.19. The normalized spacial score (nSPS) is 10.3. The molecule has 1 aromatic carbocycles. The molecule has 13 heavy (non-hydrogen) atoms. The summed E-state index contributed by atoms with van der Waals surface area (Å²) in [6.07, 6.45) is 3.71. The van der Waals surface area contributed by atoms with Crippen LogP contribution in [0.4, 0.5) is 0 Å². The lowest BCUT2D eigenvalue weighted by atomic mass is 10.2. The van der Waals surface area contributed by atoms with Gasteiger partial charge in [0.1, 0.15) is 0 Å². The SMILES string of the molecule is Cc1ccccc1-n1ccnc1Br. The maximum atomic E-state index is 4.11. The molecule has 0 saturated heterocycles. The number of aromatic nitrogens is 2. The summed E-state index contributed by atoms with van der Waals surface area (Å²) in [6.45, 7) is 2.09. The van der Waals surface area contributed by atoms with Crippen molar-refractivity contribution in [2.45, 2.75) is 6.92 Å². The average molecular weight is 237 g/mol. The van der Waals surface area contributed by atoms with Crippen molar-refractivity contribution in [3.8, 4) is 5.69 Å². The molecule has 0 saturated carbocycles. The van der Waals surface area contributed by atoms with Crippen molar-refractivity contribution in [1.29, 1.82) is 0 Å². The first-order valence-corrected chi connectivity index (χ1v) is 4.83. The van der Waals surface area contributed by atoms with Crippen LogP contribution in [0.1, 0.15) is 5.56 Å². The lowest BCUT2D eigenvalue weighted by Gasteiger charge is -2.06. The highest BCUT2D eigenvalue weighted by molar-refractivity contribution is 9.10. The summed E-state index contributed by atoms with van der Waals surface area (Å²) in [5, 5.41) is 0. The van der Waals surface area contributed by atoms with Crippen LogP contribution in [0.2, 0.25) is 0 Å². The van der Waals surface area contributed by atoms with Gasteiger partial charge in [-0.05, 0) is 34.5 Å². The molecular weight excluding hydrogens is 228 g/mol. The van der Waals surface area contributed by atoms with E-state index >= 15 is 0 Å². The standard InChI is InChI=1S/C10H9BrN2/c1-8-4-2-3-5-9(8)13-7-6-12-10(13)11/h2-7H,1H3. The van der Waals surface area contributed by atoms with Gasteiger partial charge in [0.15, 0.2) is 4.73 Å². The molecule has 66 valence electrons. The third-order valence-corrected chi connectivity index (χ3v) is 2.56. The number of nitrogens with zero attached hydrogens (tertiary/aromatic N) is 2. The van der Waals surface area contributed by atoms with Crippen LogP contribution in [0.25, 0.3) is 5.69 Å². The molecule has 0 fully saturated rings. The van der Waals surface area contributed by atoms with E-state index in [1.54, 1.807) is 6.20 Å². The number of hydrogen-bond donors (Lipinski definition) is 0. The maximum absolute atomic E-state index is 4.11. The topological polar surface area (TPSA) is 17.8 Å². The Morgan fingerprint density at radius 1 is 1.31 bits per heavy atom. The summed E-state index contributed by atoms with van der Waals surface area (Å²) in [4.78, 5) is 4.11. The van der Waals surface area contributed by atoms with Crippen molar-refractivity contribution >= 4 is 15.9 Å². The molecule has 0 bridgehead atoms. The van der Waals surface area contributed by atoms with E-state index in [1.807, 2.05) is 22.9 Å². The van der Waals surface area contributed by atoms with Crippen molar-refractivity contribution < 1.29 is 0 Å². The number of para-hydroxylation sites is 1. The molecule has 0 spiro atoms. The smallest absolute Gasteiger partial charge is 0.181 e. The van der Waals surface area contributed by atoms with Crippen molar-refractivity contribution in [2.24, 2.45) is 0 Å². The molecule has 1 aromatic heterocycles. The van der Waals surface area contributed by atoms with Crippen molar-refractivity contribution in [2.75, 3.05) is 0 Å². The van der Waals surface area contributed by atoms with E-state index in [0.717, 1.165) is 10.4 Å². The highest BCUT2D eigenvalue weighted by Gasteiger charge is 2.02. The van der Waals surface area contributed by atoms with E-state index in [9.17, 15) is 0 Å². The fraction of sp³-hybridized carbons (Fsp3) is 0.100. The first kappa shape index (κ1) is 8.51. The van der Waals surface area contributed by atoms with Crippen molar-refractivity contribution in [3.05, 3.63) is 47.0 Å². The van der Waals surface area contributed by atoms with Gasteiger partial charge in [-0.15, -0.1) is 0 Å². The zero-order valence-corrected chi connectivity index (χ0v) is 8.82. The second kappa shape index (κ2) is 3.34. The zero-order chi connectivity index (χ0) is 9.26. The molecule has 2 rings (SSSR count). The largest absolute Gasteiger partial charge is 0.294 e. The summed E-state index contributed by atoms with van der Waals surface area (Å²) in [5.41, 5.74) is 2.40. The Morgan fingerprint density at radius 2 is 2.08 bits per heavy atom. The Bertz CT molecular complexity index is 420. The second-order valence-electron chi connectivity index (χ2n) is 2.85. The quantitative estimate of drug-likeness (QED) is 0.745. The van der Waals surface area contributed by atoms with Crippen LogP contribution in [0.5, 0.6) is 0 Å². The molecule has 0 amide bonds. The second-order valence-corrected chi connectivity index (χ2v) is 3.56. The van der Waals surface area contributed by atoms with Crippen LogP contribution >= 0.6 is 15.9 Å². The van der Waals surface area contributed by atoms with Crippen LogP contribution in [0.3, 0.4) is 0 Å². The van der Waals surface area contributed by atoms with E-state index < -0.39 is 0 Å². The molecule has 0 aliphatic carbocycles. The molecule has 0 radical (unpaired) electrons. The Labute approximate surface area is 85.4 Å². The van der Waals surface area contributed by atoms with Crippen molar-refractivity contribution in [1.82, 2.24) is 9.55 Å². The third kappa shape index (κ3) is 1.52. The van der Waals surface area contributed by atoms with E-state index in [4.69, 9.17) is 0 Å². The van der Waals surface area contributed by atoms with Crippen LogP contribution < -0.4 is 0 Å². The molecule has 3 heteroatoms. The Balaban J connectivity index is 2.59. The molecule has 0 N–H and O–H groups in total. The molecule has 0 aliphatic heterocycles. The van der Waals surface area contributed by atoms with E-state index in [1.165, 1.54) is 5.56 Å².